The number of halogens is 1. The predicted molar refractivity (Wildman–Crippen MR) is 87.7 cm³/mol. The first-order chi connectivity index (χ1) is 10.1. The van der Waals surface area contributed by atoms with E-state index in [-0.39, 0.29) is 12.5 Å². The monoisotopic (exact) mass is 302 g/mol. The second kappa shape index (κ2) is 7.14. The zero-order valence-electron chi connectivity index (χ0n) is 12.2. The predicted octanol–water partition coefficient (Wildman–Crippen LogP) is 3.69. The molecule has 2 N–H and O–H groups in total. The van der Waals surface area contributed by atoms with Gasteiger partial charge < -0.3 is 10.6 Å². The van der Waals surface area contributed by atoms with Crippen molar-refractivity contribution in [2.45, 2.75) is 20.4 Å². The largest absolute Gasteiger partial charge is 0.376 e. The van der Waals surface area contributed by atoms with E-state index in [1.807, 2.05) is 50.2 Å². The summed E-state index contributed by atoms with van der Waals surface area (Å²) in [7, 11) is 0. The molecule has 0 aliphatic heterocycles. The summed E-state index contributed by atoms with van der Waals surface area (Å²) in [5, 5.41) is 6.70. The summed E-state index contributed by atoms with van der Waals surface area (Å²) in [6.07, 6.45) is 0. The average molecular weight is 303 g/mol. The van der Waals surface area contributed by atoms with Gasteiger partial charge in [0, 0.05) is 17.3 Å². The molecular weight excluding hydrogens is 284 g/mol. The molecule has 0 saturated heterocycles. The fraction of sp³-hybridized carbons (Fsp3) is 0.235. The van der Waals surface area contributed by atoms with Crippen molar-refractivity contribution in [3.8, 4) is 0 Å². The van der Waals surface area contributed by atoms with Crippen LogP contribution < -0.4 is 10.6 Å². The Morgan fingerprint density at radius 1 is 1.14 bits per heavy atom. The number of anilines is 1. The first kappa shape index (κ1) is 15.4. The van der Waals surface area contributed by atoms with Crippen molar-refractivity contribution in [1.29, 1.82) is 0 Å². The standard InChI is InChI=1S/C17H19ClN2O/c1-12-5-3-6-14(9-12)10-20-17(21)11-19-16-8-4-7-15(18)13(16)2/h3-9,19H,10-11H2,1-2H3,(H,20,21). The van der Waals surface area contributed by atoms with Gasteiger partial charge in [-0.1, -0.05) is 47.5 Å². The zero-order chi connectivity index (χ0) is 15.2. The van der Waals surface area contributed by atoms with E-state index >= 15 is 0 Å². The van der Waals surface area contributed by atoms with Crippen LogP contribution in [0.1, 0.15) is 16.7 Å². The van der Waals surface area contributed by atoms with E-state index in [1.54, 1.807) is 0 Å². The number of carbonyl (C=O) groups is 1. The highest BCUT2D eigenvalue weighted by Gasteiger charge is 2.05. The Labute approximate surface area is 130 Å². The molecule has 0 unspecified atom stereocenters. The number of aryl methyl sites for hydroxylation is 1. The van der Waals surface area contributed by atoms with Crippen molar-refractivity contribution >= 4 is 23.2 Å². The molecule has 110 valence electrons. The average Bonchev–Trinajstić information content (AvgIpc) is 2.47. The van der Waals surface area contributed by atoms with Gasteiger partial charge in [0.15, 0.2) is 0 Å². The van der Waals surface area contributed by atoms with Gasteiger partial charge in [0.2, 0.25) is 5.91 Å². The van der Waals surface area contributed by atoms with Gasteiger partial charge in [-0.3, -0.25) is 4.79 Å². The third kappa shape index (κ3) is 4.50. The van der Waals surface area contributed by atoms with Crippen molar-refractivity contribution in [3.05, 3.63) is 64.2 Å². The number of nitrogens with one attached hydrogen (secondary N) is 2. The van der Waals surface area contributed by atoms with Gasteiger partial charge >= 0.3 is 0 Å². The van der Waals surface area contributed by atoms with E-state index < -0.39 is 0 Å². The Kier molecular flexibility index (Phi) is 5.23. The van der Waals surface area contributed by atoms with Gasteiger partial charge in [-0.15, -0.1) is 0 Å². The molecule has 0 fully saturated rings. The Morgan fingerprint density at radius 2 is 1.90 bits per heavy atom. The number of hydrogen-bond donors (Lipinski definition) is 2. The molecule has 3 nitrogen and oxygen atoms in total. The minimum absolute atomic E-state index is 0.0455. The van der Waals surface area contributed by atoms with Gasteiger partial charge in [0.25, 0.3) is 0 Å². The van der Waals surface area contributed by atoms with Crippen LogP contribution >= 0.6 is 11.6 Å². The second-order valence-corrected chi connectivity index (χ2v) is 5.44. The van der Waals surface area contributed by atoms with Crippen LogP contribution in [0.15, 0.2) is 42.5 Å². The normalized spacial score (nSPS) is 10.2. The maximum atomic E-state index is 11.9. The van der Waals surface area contributed by atoms with Gasteiger partial charge in [-0.05, 0) is 37.1 Å². The topological polar surface area (TPSA) is 41.1 Å². The number of benzene rings is 2. The van der Waals surface area contributed by atoms with Crippen molar-refractivity contribution in [3.63, 3.8) is 0 Å². The Hall–Kier alpha value is -2.00. The molecule has 1 amide bonds. The Morgan fingerprint density at radius 3 is 2.67 bits per heavy atom. The van der Waals surface area contributed by atoms with Crippen molar-refractivity contribution in [1.82, 2.24) is 5.32 Å². The van der Waals surface area contributed by atoms with Crippen LogP contribution in [0.5, 0.6) is 0 Å². The molecule has 0 heterocycles. The lowest BCUT2D eigenvalue weighted by Crippen LogP contribution is -2.29. The molecule has 2 aromatic rings. The molecule has 2 aromatic carbocycles. The number of hydrogen-bond acceptors (Lipinski definition) is 2. The fourth-order valence-corrected chi connectivity index (χ4v) is 2.23. The van der Waals surface area contributed by atoms with E-state index in [4.69, 9.17) is 11.6 Å². The highest BCUT2D eigenvalue weighted by Crippen LogP contribution is 2.22. The Balaban J connectivity index is 1.84. The molecule has 0 saturated carbocycles. The summed E-state index contributed by atoms with van der Waals surface area (Å²) in [6, 6.07) is 13.7. The van der Waals surface area contributed by atoms with Gasteiger partial charge in [0.1, 0.15) is 0 Å². The third-order valence-electron chi connectivity index (χ3n) is 3.28. The molecule has 4 heteroatoms. The van der Waals surface area contributed by atoms with Crippen LogP contribution in [0.2, 0.25) is 5.02 Å². The van der Waals surface area contributed by atoms with Crippen LogP contribution in [0.25, 0.3) is 0 Å². The lowest BCUT2D eigenvalue weighted by Gasteiger charge is -2.11. The lowest BCUT2D eigenvalue weighted by atomic mass is 10.1. The van der Waals surface area contributed by atoms with Crippen molar-refractivity contribution in [2.24, 2.45) is 0 Å². The molecule has 0 radical (unpaired) electrons. The smallest absolute Gasteiger partial charge is 0.239 e. The van der Waals surface area contributed by atoms with E-state index in [0.29, 0.717) is 11.6 Å². The molecule has 0 atom stereocenters. The first-order valence-corrected chi connectivity index (χ1v) is 7.25. The molecule has 0 aromatic heterocycles. The highest BCUT2D eigenvalue weighted by molar-refractivity contribution is 6.31. The summed E-state index contributed by atoms with van der Waals surface area (Å²) in [4.78, 5) is 11.9. The number of carbonyl (C=O) groups excluding carboxylic acids is 1. The molecule has 0 bridgehead atoms. The van der Waals surface area contributed by atoms with Gasteiger partial charge in [-0.2, -0.15) is 0 Å². The molecule has 0 aliphatic carbocycles. The summed E-state index contributed by atoms with van der Waals surface area (Å²) in [5.41, 5.74) is 4.12. The quantitative estimate of drug-likeness (QED) is 0.884. The van der Waals surface area contributed by atoms with Crippen LogP contribution in [0, 0.1) is 13.8 Å². The molecular formula is C17H19ClN2O. The van der Waals surface area contributed by atoms with Crippen molar-refractivity contribution < 1.29 is 4.79 Å². The Bertz CT molecular complexity index is 640. The molecule has 0 aliphatic rings. The second-order valence-electron chi connectivity index (χ2n) is 5.03. The highest BCUT2D eigenvalue weighted by atomic mass is 35.5. The maximum Gasteiger partial charge on any atom is 0.239 e. The van der Waals surface area contributed by atoms with Crippen LogP contribution in [-0.2, 0) is 11.3 Å². The van der Waals surface area contributed by atoms with Crippen LogP contribution in [0.3, 0.4) is 0 Å². The number of rotatable bonds is 5. The van der Waals surface area contributed by atoms with Crippen molar-refractivity contribution in [2.75, 3.05) is 11.9 Å². The minimum Gasteiger partial charge on any atom is -0.376 e. The van der Waals surface area contributed by atoms with Crippen LogP contribution in [0.4, 0.5) is 5.69 Å². The van der Waals surface area contributed by atoms with Crippen LogP contribution in [-0.4, -0.2) is 12.5 Å². The lowest BCUT2D eigenvalue weighted by molar-refractivity contribution is -0.119. The summed E-state index contributed by atoms with van der Waals surface area (Å²) in [5.74, 6) is -0.0455. The molecule has 21 heavy (non-hydrogen) atoms. The fourth-order valence-electron chi connectivity index (χ4n) is 2.06. The summed E-state index contributed by atoms with van der Waals surface area (Å²) < 4.78 is 0. The molecule has 0 spiro atoms. The van der Waals surface area contributed by atoms with E-state index in [9.17, 15) is 4.79 Å². The summed E-state index contributed by atoms with van der Waals surface area (Å²) in [6.45, 7) is 4.73. The first-order valence-electron chi connectivity index (χ1n) is 6.87. The van der Waals surface area contributed by atoms with Gasteiger partial charge in [0.05, 0.1) is 6.54 Å². The zero-order valence-corrected chi connectivity index (χ0v) is 13.0. The minimum atomic E-state index is -0.0455. The van der Waals surface area contributed by atoms with E-state index in [1.165, 1.54) is 5.56 Å². The van der Waals surface area contributed by atoms with Gasteiger partial charge in [-0.25, -0.2) is 0 Å². The molecule has 2 rings (SSSR count). The van der Waals surface area contributed by atoms with E-state index in [2.05, 4.69) is 16.7 Å². The SMILES string of the molecule is Cc1cccc(CNC(=O)CNc2cccc(Cl)c2C)c1. The van der Waals surface area contributed by atoms with E-state index in [0.717, 1.165) is 16.8 Å². The number of amides is 1. The maximum absolute atomic E-state index is 11.9. The summed E-state index contributed by atoms with van der Waals surface area (Å²) >= 11 is 6.04. The third-order valence-corrected chi connectivity index (χ3v) is 3.69.